The molecule has 9 aromatic carbocycles. The van der Waals surface area contributed by atoms with Crippen molar-refractivity contribution in [3.8, 4) is 0 Å². The molecule has 7 atom stereocenters. The number of oxime groups is 2. The minimum absolute atomic E-state index is 0. The predicted octanol–water partition coefficient (Wildman–Crippen LogP) is 13.8. The van der Waals surface area contributed by atoms with Crippen LogP contribution in [0.1, 0.15) is 171 Å². The molecule has 35 heteroatoms. The number of hydroxylamine groups is 1. The van der Waals surface area contributed by atoms with Crippen LogP contribution in [0.25, 0.3) is 0 Å². The van der Waals surface area contributed by atoms with Crippen LogP contribution in [0, 0.1) is 0 Å². The van der Waals surface area contributed by atoms with Gasteiger partial charge in [0.15, 0.2) is 0 Å². The predicted molar refractivity (Wildman–Crippen MR) is 578 cm³/mol. The number of amides is 7. The van der Waals surface area contributed by atoms with E-state index in [0.29, 0.717) is 117 Å². The number of likely N-dealkylation sites (N-methyl/N-ethyl adjacent to an activating group) is 3. The zero-order valence-electron chi connectivity index (χ0n) is 81.4. The smallest absolute Gasteiger partial charge is 0.326 e. The first kappa shape index (κ1) is 130. The number of rotatable bonds is 39. The van der Waals surface area contributed by atoms with Crippen LogP contribution in [-0.4, -0.2) is 176 Å². The number of ether oxygens (including phenoxy) is 1. The number of likely N-dealkylation sites (tertiary alicyclic amines) is 1. The highest BCUT2D eigenvalue weighted by Gasteiger charge is 2.34. The van der Waals surface area contributed by atoms with Crippen LogP contribution in [0.15, 0.2) is 294 Å². The summed E-state index contributed by atoms with van der Waals surface area (Å²) < 4.78 is 15.9. The number of hydrogen-bond acceptors (Lipinski definition) is 24. The molecular formula is C110H155Cl2N15O17S. The van der Waals surface area contributed by atoms with Crippen molar-refractivity contribution in [3.63, 3.8) is 0 Å². The maximum Gasteiger partial charge on any atom is 0.326 e. The molecule has 7 amide bonds. The number of hydrogen-bond donors (Lipinski definition) is 13. The second kappa shape index (κ2) is 77.6. The molecule has 145 heavy (non-hydrogen) atoms. The molecule has 9 aromatic rings. The molecule has 0 spiro atoms. The number of alkyl halides is 1. The van der Waals surface area contributed by atoms with Crippen LogP contribution in [-0.2, 0) is 141 Å². The van der Waals surface area contributed by atoms with E-state index in [9.17, 15) is 52.5 Å². The van der Waals surface area contributed by atoms with Crippen molar-refractivity contribution in [2.45, 2.75) is 222 Å². The molecule has 0 aliphatic carbocycles. The number of allylic oxidation sites excluding steroid dienone is 1. The van der Waals surface area contributed by atoms with Gasteiger partial charge in [0.25, 0.3) is 0 Å². The van der Waals surface area contributed by atoms with Gasteiger partial charge in [-0.1, -0.05) is 319 Å². The Morgan fingerprint density at radius 1 is 0.510 bits per heavy atom. The summed E-state index contributed by atoms with van der Waals surface area (Å²) in [5, 5.41) is 59.0. The monoisotopic (exact) mass is 2060 g/mol. The number of halogens is 2. The van der Waals surface area contributed by atoms with Gasteiger partial charge >= 0.3 is 11.9 Å². The molecule has 13 rings (SSSR count). The number of carbonyl (C=O) groups excluding carboxylic acids is 8. The number of carboxylic acid groups (broad SMARTS) is 1. The van der Waals surface area contributed by atoms with Gasteiger partial charge in [0.05, 0.1) is 61.3 Å². The molecule has 4 heterocycles. The summed E-state index contributed by atoms with van der Waals surface area (Å²) in [7, 11) is 2.95. The number of nitrogens with zero attached hydrogens (tertiary/aromatic N) is 3. The Kier molecular flexibility index (Phi) is 69.6. The van der Waals surface area contributed by atoms with Crippen LogP contribution in [0.2, 0.25) is 0 Å². The Labute approximate surface area is 870 Å². The van der Waals surface area contributed by atoms with Gasteiger partial charge in [-0.2, -0.15) is 5.48 Å². The summed E-state index contributed by atoms with van der Waals surface area (Å²) >= 11 is 5.96. The number of piperidine rings is 2. The summed E-state index contributed by atoms with van der Waals surface area (Å²) in [4.78, 5) is 125. The van der Waals surface area contributed by atoms with E-state index in [0.717, 1.165) is 93.7 Å². The van der Waals surface area contributed by atoms with E-state index in [1.807, 2.05) is 273 Å². The zero-order chi connectivity index (χ0) is 101. The summed E-state index contributed by atoms with van der Waals surface area (Å²) in [6.07, 6.45) is 9.86. The second-order valence-electron chi connectivity index (χ2n) is 33.0. The Bertz CT molecular complexity index is 5180. The number of carbonyl (C=O) groups is 9. The number of aliphatic carboxylic acids is 1. The van der Waals surface area contributed by atoms with Crippen LogP contribution < -0.4 is 69.7 Å². The summed E-state index contributed by atoms with van der Waals surface area (Å²) in [6.45, 7) is 9.44. The molecule has 0 radical (unpaired) electrons. The molecule has 32 nitrogen and oxygen atoms in total. The fourth-order valence-electron chi connectivity index (χ4n) is 13.8. The standard InChI is InChI=1S/C21H26ClN3O2.C20H25N3O2.C20H23N3O2.C16H24N2O3S.C13H16N2O2.C7H9NO.C5H7NO3.C4H8O2.4CH4.ClH/c1-23-20(21(26)24-15-17-8-4-2-5-9-17)13-12-19(14-22)25-27-16-18-10-6-3-7-11-18;2*24-20(22-13-16-7-3-1-4-8-16)19-12-11-18(14-21-19)23-25-15-17-9-5-2-6-10-17;1-17-15(10-9-14(19)12-22(2,3)21)16(20)18-11-13-7-5-4-6-8-13;1-15-11(7-8-12(15)16)13(17)14-9-10-5-3-2-4-6-10;8-9-6-7-4-2-1-3-5-7;7-4-2-1-3(6-4)5(8)9;1-3-6-4(2)5;;;;;/h2-11,20,23H,12-16H2,1H3,(H,24,26);1-10,18-19,21,23H,11-15H2,(H,22,24);1-10,19,21H,11-15H2,(H,22,24);4-8,12,15,17H,9-11H2,1-3H3,(H-,18,19,20,21);2-6,11H,7-9H2,1H3,(H,14,17);1-5H,6,8H2;3H,1-2H2,(H,6,7)(H,8,9);3H2,1-2H3;4*1H4;1H/t20-;18?,19-;19-;15-;11-;;3-;;;;;;/m00000.0....../s1. The minimum Gasteiger partial charge on any atom is -0.873 e. The van der Waals surface area contributed by atoms with E-state index in [1.165, 1.54) is 29.7 Å². The zero-order valence-corrected chi connectivity index (χ0v) is 83.8. The van der Waals surface area contributed by atoms with E-state index in [1.54, 1.807) is 28.1 Å². The normalized spacial score (nSPS) is 15.9. The van der Waals surface area contributed by atoms with Crippen molar-refractivity contribution < 1.29 is 81.7 Å². The number of benzene rings is 9. The van der Waals surface area contributed by atoms with E-state index in [-0.39, 0.29) is 138 Å². The summed E-state index contributed by atoms with van der Waals surface area (Å²) in [6, 6.07) is 86.9. The van der Waals surface area contributed by atoms with Crippen LogP contribution >= 0.6 is 24.0 Å². The van der Waals surface area contributed by atoms with Crippen molar-refractivity contribution in [3.05, 3.63) is 334 Å². The highest BCUT2D eigenvalue weighted by atomic mass is 35.5. The van der Waals surface area contributed by atoms with Crippen LogP contribution in [0.3, 0.4) is 0 Å². The van der Waals surface area contributed by atoms with Crippen molar-refractivity contribution >= 4 is 98.7 Å². The maximum absolute atomic E-state index is 12.4. The van der Waals surface area contributed by atoms with Gasteiger partial charge in [-0.05, 0) is 135 Å². The molecule has 1 unspecified atom stereocenters. The quantitative estimate of drug-likeness (QED) is 0.00425. The maximum atomic E-state index is 12.4. The second-order valence-corrected chi connectivity index (χ2v) is 36.1. The SMILES string of the molecule is C.C.C.C.CCOC(C)=O.CN1C(=O)CC[C@H]1C(=O)NCc1ccccc1.CN[C@@H](CC/C([O-])=C/[S+](C)(C)=O)C(=O)NCc1ccccc1.CN[C@@H](CCC(CCl)=NOCc1ccccc1)C(=O)NCc1ccccc1.Cl.NOCc1ccccc1.O=C(NCc1ccccc1)[C@@H]1CCC(=NOCc2ccccc2)CN1.O=C(NCc1ccccc1)[C@@H]1CCC(NOCc2ccccc2)CN1.O=C1CC[C@@H](C(=O)O)N1. The van der Waals surface area contributed by atoms with Gasteiger partial charge in [0, 0.05) is 78.7 Å². The molecule has 4 fully saturated rings. The lowest BCUT2D eigenvalue weighted by molar-refractivity contribution is -0.306. The fourth-order valence-corrected chi connectivity index (χ4v) is 14.8. The molecule has 4 saturated heterocycles. The number of nitrogens with two attached hydrogens (primary N) is 1. The average Bonchev–Trinajstić information content (AvgIpc) is 1.65. The Hall–Kier alpha value is -12.9. The lowest BCUT2D eigenvalue weighted by Crippen LogP contribution is -2.53. The summed E-state index contributed by atoms with van der Waals surface area (Å²) in [5.41, 5.74) is 14.5. The summed E-state index contributed by atoms with van der Waals surface area (Å²) in [5.74, 6) is 3.52. The molecular weight excluding hydrogens is 1910 g/mol. The molecule has 14 N–H and O–H groups in total. The lowest BCUT2D eigenvalue weighted by atomic mass is 10.0. The number of carboxylic acids is 1. The van der Waals surface area contributed by atoms with E-state index >= 15 is 0 Å². The fraction of sp³-hybridized carbons (Fsp3) is 0.391. The van der Waals surface area contributed by atoms with Crippen molar-refractivity contribution in [1.29, 1.82) is 0 Å². The highest BCUT2D eigenvalue weighted by Crippen LogP contribution is 2.19. The minimum atomic E-state index is -2.19. The highest BCUT2D eigenvalue weighted by molar-refractivity contribution is 8.04. The van der Waals surface area contributed by atoms with Gasteiger partial charge in [0.1, 0.15) is 53.1 Å². The molecule has 4 aliphatic rings. The molecule has 0 bridgehead atoms. The molecule has 0 aromatic heterocycles. The number of nitrogens with one attached hydrogen (secondary N) is 11. The molecule has 0 saturated carbocycles. The van der Waals surface area contributed by atoms with Gasteiger partial charge in [-0.15, -0.1) is 28.2 Å². The van der Waals surface area contributed by atoms with Gasteiger partial charge in [0.2, 0.25) is 41.4 Å². The van der Waals surface area contributed by atoms with Gasteiger partial charge in [-0.3, -0.25) is 48.0 Å². The molecule has 792 valence electrons. The average molecular weight is 2060 g/mol. The van der Waals surface area contributed by atoms with Gasteiger partial charge in [-0.25, -0.2) is 10.7 Å². The Balaban J connectivity index is 0.000000852. The van der Waals surface area contributed by atoms with Gasteiger partial charge < -0.3 is 82.7 Å². The first-order valence-electron chi connectivity index (χ1n) is 46.6. The topological polar surface area (TPSA) is 446 Å². The molecule has 4 aliphatic heterocycles. The van der Waals surface area contributed by atoms with E-state index in [2.05, 4.69) is 78.5 Å². The largest absolute Gasteiger partial charge is 0.873 e. The Morgan fingerprint density at radius 2 is 0.890 bits per heavy atom. The van der Waals surface area contributed by atoms with E-state index in [4.69, 9.17) is 37.1 Å². The third-order valence-electron chi connectivity index (χ3n) is 21.6. The van der Waals surface area contributed by atoms with E-state index < -0.39 is 28.0 Å². The Morgan fingerprint density at radius 3 is 1.21 bits per heavy atom. The first-order valence-corrected chi connectivity index (χ1v) is 49.6. The number of esters is 1. The van der Waals surface area contributed by atoms with Crippen molar-refractivity contribution in [2.24, 2.45) is 16.2 Å². The van der Waals surface area contributed by atoms with Crippen molar-refractivity contribution in [1.82, 2.24) is 63.5 Å². The first-order chi connectivity index (χ1) is 67.7. The third-order valence-corrected chi connectivity index (χ3v) is 22.7. The van der Waals surface area contributed by atoms with Crippen molar-refractivity contribution in [2.75, 3.05) is 59.2 Å². The van der Waals surface area contributed by atoms with Crippen LogP contribution in [0.4, 0.5) is 0 Å². The van der Waals surface area contributed by atoms with Crippen LogP contribution in [0.5, 0.6) is 0 Å². The third kappa shape index (κ3) is 57.4. The lowest BCUT2D eigenvalue weighted by Gasteiger charge is -2.29.